The second-order valence-electron chi connectivity index (χ2n) is 24.9. The molecule has 0 spiro atoms. The molecule has 5 aromatic rings. The number of nitrogens with zero attached hydrogens (tertiary/aromatic N) is 7. The number of fused-ring (bicyclic) bond motifs is 1. The molecular formula is C65H81F2N15O19S2. The van der Waals surface area contributed by atoms with Crippen molar-refractivity contribution in [2.24, 2.45) is 0 Å². The Labute approximate surface area is 590 Å². The van der Waals surface area contributed by atoms with Crippen molar-refractivity contribution in [3.05, 3.63) is 95.3 Å². The molecule has 15 N–H and O–H groups in total. The summed E-state index contributed by atoms with van der Waals surface area (Å²) in [6.07, 6.45) is 0.262. The van der Waals surface area contributed by atoms with E-state index in [0.29, 0.717) is 46.1 Å². The maximum Gasteiger partial charge on any atom is 0.317 e. The summed E-state index contributed by atoms with van der Waals surface area (Å²) >= 11 is 0. The van der Waals surface area contributed by atoms with Gasteiger partial charge in [0.1, 0.15) is 33.7 Å². The highest BCUT2D eigenvalue weighted by Gasteiger charge is 2.48. The van der Waals surface area contributed by atoms with Crippen LogP contribution in [-0.4, -0.2) is 245 Å². The third-order valence-electron chi connectivity index (χ3n) is 17.0. The number of aliphatic carboxylic acids is 3. The van der Waals surface area contributed by atoms with E-state index in [2.05, 4.69) is 42.4 Å². The topological polar surface area (TPSA) is 506 Å². The average molecular weight is 1480 g/mol. The molecule has 0 radical (unpaired) electrons. The number of unbranched alkanes of at least 4 members (excludes halogenated alkanes) is 1. The molecule has 2 saturated heterocycles. The molecule has 2 aliphatic rings. The van der Waals surface area contributed by atoms with Crippen molar-refractivity contribution < 1.29 is 98.3 Å². The molecule has 3 atom stereocenters. The molecule has 34 nitrogen and oxygen atoms in total. The lowest BCUT2D eigenvalue weighted by atomic mass is 9.99. The molecule has 0 aliphatic carbocycles. The first-order valence-corrected chi connectivity index (χ1v) is 35.2. The number of nitrogens with one attached hydrogen (secondary N) is 7. The predicted molar refractivity (Wildman–Crippen MR) is 367 cm³/mol. The lowest BCUT2D eigenvalue weighted by Gasteiger charge is -2.32. The largest absolute Gasteiger partial charge is 0.505 e. The molecule has 4 aromatic carbocycles. The highest BCUT2D eigenvalue weighted by molar-refractivity contribution is 7.87. The number of carboxylic acids is 3. The average Bonchev–Trinajstić information content (AvgIpc) is 1.49. The Bertz CT molecular complexity index is 4290. The van der Waals surface area contributed by atoms with Crippen LogP contribution in [0.25, 0.3) is 21.9 Å². The summed E-state index contributed by atoms with van der Waals surface area (Å²) in [6.45, 7) is 4.01. The van der Waals surface area contributed by atoms with E-state index in [4.69, 9.17) is 5.73 Å². The van der Waals surface area contributed by atoms with Crippen LogP contribution in [0.1, 0.15) is 72.6 Å². The minimum Gasteiger partial charge on any atom is -0.505 e. The highest BCUT2D eigenvalue weighted by Crippen LogP contribution is 2.43. The number of nitriles is 1. The molecule has 6 amide bonds. The van der Waals surface area contributed by atoms with E-state index < -0.39 is 144 Å². The molecule has 0 bridgehead atoms. The number of likely N-dealkylation sites (tertiary alicyclic amines) is 1. The molecule has 0 saturated carbocycles. The van der Waals surface area contributed by atoms with Gasteiger partial charge in [0.15, 0.2) is 0 Å². The van der Waals surface area contributed by atoms with Crippen LogP contribution < -0.4 is 43.2 Å². The SMILES string of the molecule is Cc1cc(-c2ccc(NC(=O)C(CCCCNC(=O)CN3CCN(CC(=O)O)CCN(CC(=O)O)CCN(CC(=O)O)CC3)NC(=O)CCC(=O)NCc3cc(C(=O)N[C@@H](C)C(=O)N4CC(F)(F)C[C@H]4C#N)ccn3)c(C)c2)ccc1NNc1ccc2c(S(=O)(=O)O)cc(S(=O)(=O)O)c(N)c2c1O. The van der Waals surface area contributed by atoms with Gasteiger partial charge in [-0.05, 0) is 111 Å². The summed E-state index contributed by atoms with van der Waals surface area (Å²) in [5.41, 5.74) is 14.5. The number of hydrogen-bond acceptors (Lipinski definition) is 23. The van der Waals surface area contributed by atoms with Gasteiger partial charge in [-0.3, -0.25) is 82.3 Å². The zero-order valence-electron chi connectivity index (χ0n) is 56.3. The first-order valence-electron chi connectivity index (χ1n) is 32.3. The Morgan fingerprint density at radius 3 is 1.73 bits per heavy atom. The van der Waals surface area contributed by atoms with Crippen molar-refractivity contribution in [2.75, 3.05) is 114 Å². The number of benzene rings is 4. The third-order valence-corrected chi connectivity index (χ3v) is 18.8. The van der Waals surface area contributed by atoms with Gasteiger partial charge in [0.2, 0.25) is 29.5 Å². The number of nitrogen functional groups attached to an aromatic ring is 1. The Balaban J connectivity index is 0.992. The number of aromatic hydroxyl groups is 1. The van der Waals surface area contributed by atoms with Crippen LogP contribution in [0.3, 0.4) is 0 Å². The fraction of sp³-hybridized carbons (Fsp3) is 0.431. The Morgan fingerprint density at radius 2 is 1.19 bits per heavy atom. The minimum absolute atomic E-state index is 0.00743. The van der Waals surface area contributed by atoms with E-state index >= 15 is 0 Å². The maximum atomic E-state index is 14.3. The summed E-state index contributed by atoms with van der Waals surface area (Å²) in [5.74, 6) is -11.3. The van der Waals surface area contributed by atoms with Gasteiger partial charge in [0, 0.05) is 101 Å². The molecule has 2 fully saturated rings. The summed E-state index contributed by atoms with van der Waals surface area (Å²) < 4.78 is 96.3. The maximum absolute atomic E-state index is 14.3. The molecule has 1 unspecified atom stereocenters. The van der Waals surface area contributed by atoms with Gasteiger partial charge in [-0.2, -0.15) is 22.1 Å². The van der Waals surface area contributed by atoms with Gasteiger partial charge in [0.05, 0.1) is 73.5 Å². The number of amides is 6. The minimum atomic E-state index is -5.14. The van der Waals surface area contributed by atoms with E-state index in [1.807, 2.05) is 0 Å². The van der Waals surface area contributed by atoms with Gasteiger partial charge < -0.3 is 63.1 Å². The number of carbonyl (C=O) groups excluding carboxylic acids is 6. The van der Waals surface area contributed by atoms with Crippen LogP contribution in [0.5, 0.6) is 5.75 Å². The molecule has 7 rings (SSSR count). The highest BCUT2D eigenvalue weighted by atomic mass is 32.2. The quantitative estimate of drug-likeness (QED) is 0.0103. The number of pyridine rings is 1. The molecule has 103 heavy (non-hydrogen) atoms. The number of carboxylic acid groups (broad SMARTS) is 3. The number of aryl methyl sites for hydroxylation is 2. The number of hydrogen-bond donors (Lipinski definition) is 14. The number of anilines is 4. The standard InChI is InChI=1S/C65H81F2N15O19S2/c1-38-26-41(42-8-11-48(39(2)27-42)76-77-49-12-9-46-51(102(96,97)98)29-52(103(99,100)101)60(69)59(46)61(49)92)7-10-47(38)75-63(94)50(6-4-5-16-71-55(85)33-78-18-20-79(34-56(86)87)22-24-81(36-58(90)91)25-23-80(21-19-78)35-57(88)89)74-54(84)14-13-53(83)72-32-44-28-43(15-17-70-44)62(93)73-40(3)64(95)82-37-65(66,67)30-45(82)31-68/h7-12,15,17,26-29,40,45,50,76-77,92H,4-6,13-14,16,18-25,30,32-37,69H2,1-3H3,(H,71,85)(H,72,83)(H,73,93)(H,74,84)(H,75,94)(H,86,87)(H,88,89)(H,90,91)(H,96,97,98)(H,99,100,101)/t40-,45-,50?/m0/s1. The molecule has 2 aliphatic heterocycles. The first-order chi connectivity index (χ1) is 48.5. The first kappa shape index (κ1) is 80.0. The van der Waals surface area contributed by atoms with Gasteiger partial charge in [0.25, 0.3) is 32.1 Å². The van der Waals surface area contributed by atoms with Crippen LogP contribution in [0, 0.1) is 25.2 Å². The van der Waals surface area contributed by atoms with Crippen molar-refractivity contribution in [3.63, 3.8) is 0 Å². The van der Waals surface area contributed by atoms with Crippen LogP contribution >= 0.6 is 0 Å². The van der Waals surface area contributed by atoms with Crippen LogP contribution in [0.15, 0.2) is 82.7 Å². The molecular weight excluding hydrogens is 1400 g/mol. The second kappa shape index (κ2) is 35.6. The van der Waals surface area contributed by atoms with E-state index in [-0.39, 0.29) is 133 Å². The van der Waals surface area contributed by atoms with E-state index in [1.165, 1.54) is 31.3 Å². The summed E-state index contributed by atoms with van der Waals surface area (Å²) in [7, 11) is -10.2. The van der Waals surface area contributed by atoms with Crippen LogP contribution in [0.2, 0.25) is 0 Å². The number of rotatable bonds is 30. The van der Waals surface area contributed by atoms with Crippen molar-refractivity contribution in [1.29, 1.82) is 5.26 Å². The Morgan fingerprint density at radius 1 is 0.670 bits per heavy atom. The van der Waals surface area contributed by atoms with Crippen LogP contribution in [0.4, 0.5) is 31.5 Å². The number of alkyl halides is 2. The van der Waals surface area contributed by atoms with Crippen molar-refractivity contribution in [3.8, 4) is 22.9 Å². The number of phenols is 1. The number of phenolic OH excluding ortho intramolecular Hbond substituents is 1. The number of aromatic nitrogens is 1. The third kappa shape index (κ3) is 23.4. The van der Waals surface area contributed by atoms with Crippen molar-refractivity contribution in [1.82, 2.24) is 50.8 Å². The normalized spacial score (nSPS) is 16.4. The van der Waals surface area contributed by atoms with E-state index in [0.717, 1.165) is 11.0 Å². The second-order valence-corrected chi connectivity index (χ2v) is 27.6. The number of halogens is 2. The van der Waals surface area contributed by atoms with Gasteiger partial charge in [-0.25, -0.2) is 8.78 Å². The van der Waals surface area contributed by atoms with Crippen molar-refractivity contribution in [2.45, 2.75) is 99.7 Å². The van der Waals surface area contributed by atoms with Crippen LogP contribution in [-0.2, 0) is 65.1 Å². The molecule has 1 aromatic heterocycles. The van der Waals surface area contributed by atoms with Gasteiger partial charge >= 0.3 is 17.9 Å². The summed E-state index contributed by atoms with van der Waals surface area (Å²) in [5, 5.41) is 61.9. The smallest absolute Gasteiger partial charge is 0.317 e. The zero-order chi connectivity index (χ0) is 75.7. The fourth-order valence-electron chi connectivity index (χ4n) is 11.6. The molecule has 38 heteroatoms. The fourth-order valence-corrected chi connectivity index (χ4v) is 13.0. The van der Waals surface area contributed by atoms with Gasteiger partial charge in [-0.1, -0.05) is 18.2 Å². The summed E-state index contributed by atoms with van der Waals surface area (Å²) in [6, 6.07) is 13.7. The Hall–Kier alpha value is -10.3. The van der Waals surface area contributed by atoms with Crippen molar-refractivity contribution >= 4 is 107 Å². The van der Waals surface area contributed by atoms with Gasteiger partial charge in [-0.15, -0.1) is 0 Å². The number of hydrazine groups is 1. The lowest BCUT2D eigenvalue weighted by Crippen LogP contribution is -2.49. The number of carbonyl (C=O) groups is 9. The Kier molecular flexibility index (Phi) is 27.6. The zero-order valence-corrected chi connectivity index (χ0v) is 57.9. The van der Waals surface area contributed by atoms with E-state index in [9.17, 15) is 104 Å². The predicted octanol–water partition coefficient (Wildman–Crippen LogP) is 1.90. The summed E-state index contributed by atoms with van der Waals surface area (Å²) in [4.78, 5) is 125. The monoisotopic (exact) mass is 1480 g/mol. The van der Waals surface area contributed by atoms with E-state index in [1.54, 1.807) is 75.9 Å². The molecule has 556 valence electrons. The lowest BCUT2D eigenvalue weighted by molar-refractivity contribution is -0.140. The molecule has 3 heterocycles. The number of nitrogens with two attached hydrogens (primary N) is 1.